The summed E-state index contributed by atoms with van der Waals surface area (Å²) in [7, 11) is 0. The number of benzene rings is 2. The van der Waals surface area contributed by atoms with Crippen molar-refractivity contribution in [1.82, 2.24) is 14.7 Å². The van der Waals surface area contributed by atoms with Gasteiger partial charge in [-0.05, 0) is 82.6 Å². The molecule has 2 aliphatic heterocycles. The van der Waals surface area contributed by atoms with Gasteiger partial charge in [-0.1, -0.05) is 0 Å². The van der Waals surface area contributed by atoms with E-state index in [4.69, 9.17) is 13.9 Å². The first-order chi connectivity index (χ1) is 21.0. The molecule has 0 aliphatic carbocycles. The molecule has 12 heteroatoms. The Hall–Kier alpha value is -5.13. The molecule has 0 saturated carbocycles. The van der Waals surface area contributed by atoms with Gasteiger partial charge in [0.2, 0.25) is 5.91 Å². The number of rotatable bonds is 5. The van der Waals surface area contributed by atoms with Gasteiger partial charge in [0.1, 0.15) is 23.4 Å². The first kappa shape index (κ1) is 29.0. The smallest absolute Gasteiger partial charge is 0.410 e. The molecule has 2 aliphatic rings. The van der Waals surface area contributed by atoms with Crippen LogP contribution in [0.15, 0.2) is 59.2 Å². The maximum absolute atomic E-state index is 14.0. The summed E-state index contributed by atoms with van der Waals surface area (Å²) in [6.45, 7) is 8.17. The second kappa shape index (κ2) is 11.2. The number of aromatic nitrogens is 2. The molecule has 0 radical (unpaired) electrons. The van der Waals surface area contributed by atoms with Crippen molar-refractivity contribution in [3.63, 3.8) is 0 Å². The van der Waals surface area contributed by atoms with Gasteiger partial charge in [0.15, 0.2) is 5.69 Å². The lowest BCUT2D eigenvalue weighted by atomic mass is 10.0. The number of anilines is 2. The van der Waals surface area contributed by atoms with Crippen LogP contribution < -0.4 is 9.80 Å². The molecule has 0 bridgehead atoms. The van der Waals surface area contributed by atoms with E-state index >= 15 is 0 Å². The summed E-state index contributed by atoms with van der Waals surface area (Å²) < 4.78 is 17.6. The summed E-state index contributed by atoms with van der Waals surface area (Å²) in [6, 6.07) is 14.4. The zero-order chi connectivity index (χ0) is 31.2. The molecule has 0 N–H and O–H groups in total. The standard InChI is InChI=1S/C32H33N5O7/c1-5-42-30(40)27-24-12-14-36(29(39)28(24)37(33-27)23-10-11-25-20(18-23)13-17-43-25)22-8-6-21(7-9-22)35-16-15-34(19-26(35)38)31(41)44-32(2,3)4/h6-11,13,17-18H,5,12,14-16,19H2,1-4H3. The SMILES string of the molecule is CCOC(=O)c1nn(-c2ccc3occc3c2)c2c1CCN(c1ccc(N3CCN(C(=O)OC(C)(C)C)CC3=O)cc1)C2=O. The summed E-state index contributed by atoms with van der Waals surface area (Å²) in [5.41, 5.74) is 2.92. The third kappa shape index (κ3) is 5.38. The molecule has 3 amide bonds. The summed E-state index contributed by atoms with van der Waals surface area (Å²) in [5.74, 6) is -1.11. The Bertz CT molecular complexity index is 1770. The number of hydrogen-bond donors (Lipinski definition) is 0. The minimum Gasteiger partial charge on any atom is -0.464 e. The molecule has 1 fully saturated rings. The third-order valence-electron chi connectivity index (χ3n) is 7.51. The van der Waals surface area contributed by atoms with E-state index < -0.39 is 17.7 Å². The number of hydrogen-bond acceptors (Lipinski definition) is 8. The fourth-order valence-corrected chi connectivity index (χ4v) is 5.48. The van der Waals surface area contributed by atoms with Crippen molar-refractivity contribution >= 4 is 46.2 Å². The Labute approximate surface area is 253 Å². The van der Waals surface area contributed by atoms with Crippen molar-refractivity contribution in [2.75, 3.05) is 42.6 Å². The van der Waals surface area contributed by atoms with E-state index in [2.05, 4.69) is 5.10 Å². The highest BCUT2D eigenvalue weighted by molar-refractivity contribution is 6.09. The van der Waals surface area contributed by atoms with E-state index in [1.807, 2.05) is 12.1 Å². The Kier molecular flexibility index (Phi) is 7.36. The van der Waals surface area contributed by atoms with Crippen molar-refractivity contribution < 1.29 is 33.1 Å². The second-order valence-corrected chi connectivity index (χ2v) is 11.6. The summed E-state index contributed by atoms with van der Waals surface area (Å²) in [4.78, 5) is 56.9. The molecule has 2 aromatic carbocycles. The fraction of sp³-hybridized carbons (Fsp3) is 0.344. The van der Waals surface area contributed by atoms with E-state index in [1.54, 1.807) is 80.2 Å². The first-order valence-electron chi connectivity index (χ1n) is 14.5. The monoisotopic (exact) mass is 599 g/mol. The molecular formula is C32H33N5O7. The number of piperazine rings is 1. The van der Waals surface area contributed by atoms with Gasteiger partial charge >= 0.3 is 12.1 Å². The number of nitrogens with zero attached hydrogens (tertiary/aromatic N) is 5. The normalized spacial score (nSPS) is 15.5. The van der Waals surface area contributed by atoms with Crippen LogP contribution in [0.25, 0.3) is 16.7 Å². The zero-order valence-electron chi connectivity index (χ0n) is 25.0. The number of furan rings is 1. The number of fused-ring (bicyclic) bond motifs is 2. The quantitative estimate of drug-likeness (QED) is 0.305. The van der Waals surface area contributed by atoms with Gasteiger partial charge in [-0.15, -0.1) is 0 Å². The van der Waals surface area contributed by atoms with Gasteiger partial charge in [0, 0.05) is 42.0 Å². The molecule has 6 rings (SSSR count). The average Bonchev–Trinajstić information content (AvgIpc) is 3.62. The molecular weight excluding hydrogens is 566 g/mol. The van der Waals surface area contributed by atoms with Gasteiger partial charge in [-0.3, -0.25) is 14.5 Å². The lowest BCUT2D eigenvalue weighted by Gasteiger charge is -2.35. The average molecular weight is 600 g/mol. The lowest BCUT2D eigenvalue weighted by molar-refractivity contribution is -0.121. The molecule has 0 spiro atoms. The predicted octanol–water partition coefficient (Wildman–Crippen LogP) is 4.58. The highest BCUT2D eigenvalue weighted by atomic mass is 16.6. The molecule has 2 aromatic heterocycles. The van der Waals surface area contributed by atoms with E-state index in [0.717, 1.165) is 5.39 Å². The Morgan fingerprint density at radius 2 is 1.64 bits per heavy atom. The molecule has 0 unspecified atom stereocenters. The van der Waals surface area contributed by atoms with Crippen molar-refractivity contribution in [1.29, 1.82) is 0 Å². The van der Waals surface area contributed by atoms with Crippen LogP contribution in [0.1, 0.15) is 54.2 Å². The third-order valence-corrected chi connectivity index (χ3v) is 7.51. The van der Waals surface area contributed by atoms with Gasteiger partial charge in [0.05, 0.1) is 18.6 Å². The van der Waals surface area contributed by atoms with E-state index in [0.29, 0.717) is 60.0 Å². The molecule has 4 aromatic rings. The number of carbonyl (C=O) groups excluding carboxylic acids is 4. The van der Waals surface area contributed by atoms with Crippen LogP contribution in [0.5, 0.6) is 0 Å². The van der Waals surface area contributed by atoms with Crippen LogP contribution >= 0.6 is 0 Å². The molecule has 44 heavy (non-hydrogen) atoms. The maximum atomic E-state index is 14.0. The zero-order valence-corrected chi connectivity index (χ0v) is 25.0. The Morgan fingerprint density at radius 3 is 2.32 bits per heavy atom. The van der Waals surface area contributed by atoms with Crippen LogP contribution in [0.4, 0.5) is 16.2 Å². The van der Waals surface area contributed by atoms with E-state index in [1.165, 1.54) is 9.58 Å². The second-order valence-electron chi connectivity index (χ2n) is 11.6. The fourth-order valence-electron chi connectivity index (χ4n) is 5.48. The van der Waals surface area contributed by atoms with Crippen molar-refractivity contribution in [3.05, 3.63) is 71.7 Å². The Morgan fingerprint density at radius 1 is 0.932 bits per heavy atom. The molecule has 4 heterocycles. The molecule has 228 valence electrons. The van der Waals surface area contributed by atoms with E-state index in [9.17, 15) is 19.2 Å². The van der Waals surface area contributed by atoms with Crippen molar-refractivity contribution in [3.8, 4) is 5.69 Å². The molecule has 0 atom stereocenters. The highest BCUT2D eigenvalue weighted by Crippen LogP contribution is 2.31. The summed E-state index contributed by atoms with van der Waals surface area (Å²) in [5, 5.41) is 5.39. The largest absolute Gasteiger partial charge is 0.464 e. The molecule has 12 nitrogen and oxygen atoms in total. The van der Waals surface area contributed by atoms with Crippen LogP contribution in [-0.2, 0) is 20.7 Å². The van der Waals surface area contributed by atoms with Gasteiger partial charge in [-0.25, -0.2) is 14.3 Å². The van der Waals surface area contributed by atoms with Crippen molar-refractivity contribution in [2.24, 2.45) is 0 Å². The molecule has 1 saturated heterocycles. The van der Waals surface area contributed by atoms with Gasteiger partial charge in [-0.2, -0.15) is 5.10 Å². The van der Waals surface area contributed by atoms with Crippen LogP contribution in [-0.4, -0.2) is 76.9 Å². The van der Waals surface area contributed by atoms with E-state index in [-0.39, 0.29) is 30.7 Å². The summed E-state index contributed by atoms with van der Waals surface area (Å²) >= 11 is 0. The Balaban J connectivity index is 1.25. The lowest BCUT2D eigenvalue weighted by Crippen LogP contribution is -2.53. The highest BCUT2D eigenvalue weighted by Gasteiger charge is 2.36. The minimum absolute atomic E-state index is 0.0819. The van der Waals surface area contributed by atoms with Gasteiger partial charge < -0.3 is 23.7 Å². The number of esters is 1. The number of ether oxygens (including phenoxy) is 2. The predicted molar refractivity (Wildman–Crippen MR) is 161 cm³/mol. The number of amides is 3. The minimum atomic E-state index is -0.648. The maximum Gasteiger partial charge on any atom is 0.410 e. The number of carbonyl (C=O) groups is 4. The van der Waals surface area contributed by atoms with Gasteiger partial charge in [0.25, 0.3) is 5.91 Å². The van der Waals surface area contributed by atoms with Crippen LogP contribution in [0.3, 0.4) is 0 Å². The topological polar surface area (TPSA) is 127 Å². The first-order valence-corrected chi connectivity index (χ1v) is 14.5. The summed E-state index contributed by atoms with van der Waals surface area (Å²) in [6.07, 6.45) is 1.47. The van der Waals surface area contributed by atoms with Crippen molar-refractivity contribution in [2.45, 2.75) is 39.7 Å². The van der Waals surface area contributed by atoms with Crippen LogP contribution in [0, 0.1) is 0 Å². The van der Waals surface area contributed by atoms with Crippen LogP contribution in [0.2, 0.25) is 0 Å².